The summed E-state index contributed by atoms with van der Waals surface area (Å²) < 4.78 is 19.6. The summed E-state index contributed by atoms with van der Waals surface area (Å²) in [6.45, 7) is 2.42. The van der Waals surface area contributed by atoms with Gasteiger partial charge in [0.05, 0.1) is 27.3 Å². The van der Waals surface area contributed by atoms with Crippen LogP contribution in [0.25, 0.3) is 11.3 Å². The van der Waals surface area contributed by atoms with Gasteiger partial charge in [-0.1, -0.05) is 11.6 Å². The lowest BCUT2D eigenvalue weighted by atomic mass is 9.73. The Bertz CT molecular complexity index is 912. The Morgan fingerprint density at radius 1 is 1.28 bits per heavy atom. The van der Waals surface area contributed by atoms with E-state index >= 15 is 0 Å². The van der Waals surface area contributed by atoms with Crippen molar-refractivity contribution in [2.24, 2.45) is 0 Å². The summed E-state index contributed by atoms with van der Waals surface area (Å²) in [6, 6.07) is 2.28. The number of rotatable bonds is 3. The number of benzene rings is 1. The zero-order valence-corrected chi connectivity index (χ0v) is 14.1. The molecule has 6 nitrogen and oxygen atoms in total. The van der Waals surface area contributed by atoms with Crippen molar-refractivity contribution in [3.8, 4) is 5.75 Å². The van der Waals surface area contributed by atoms with Crippen molar-refractivity contribution in [1.29, 1.82) is 0 Å². The van der Waals surface area contributed by atoms with Crippen LogP contribution in [-0.4, -0.2) is 32.8 Å². The molecule has 1 aliphatic rings. The van der Waals surface area contributed by atoms with Gasteiger partial charge in [-0.3, -0.25) is 9.78 Å². The molecule has 2 N–H and O–H groups in total. The van der Waals surface area contributed by atoms with E-state index in [1.165, 1.54) is 18.5 Å². The molecule has 0 aliphatic heterocycles. The number of allylic oxidation sites excluding steroid dienone is 1. The molecule has 0 atom stereocenters. The van der Waals surface area contributed by atoms with E-state index < -0.39 is 29.6 Å². The van der Waals surface area contributed by atoms with E-state index in [0.717, 1.165) is 6.07 Å². The summed E-state index contributed by atoms with van der Waals surface area (Å²) in [6.07, 6.45) is 2.77. The number of aromatic nitrogens is 2. The Morgan fingerprint density at radius 2 is 1.96 bits per heavy atom. The minimum atomic E-state index is -1.16. The molecule has 8 heteroatoms. The molecule has 130 valence electrons. The quantitative estimate of drug-likeness (QED) is 0.813. The van der Waals surface area contributed by atoms with Gasteiger partial charge in [0, 0.05) is 12.4 Å². The van der Waals surface area contributed by atoms with Crippen LogP contribution in [0.3, 0.4) is 0 Å². The molecule has 0 bridgehead atoms. The fourth-order valence-electron chi connectivity index (χ4n) is 2.82. The molecule has 0 saturated heterocycles. The summed E-state index contributed by atoms with van der Waals surface area (Å²) in [5, 5.41) is 19.7. The third-order valence-electron chi connectivity index (χ3n) is 4.06. The first-order chi connectivity index (χ1) is 11.8. The van der Waals surface area contributed by atoms with Crippen LogP contribution in [-0.2, 0) is 10.2 Å². The second-order valence-corrected chi connectivity index (χ2v) is 6.35. The maximum atomic E-state index is 14.6. The van der Waals surface area contributed by atoms with Crippen LogP contribution in [0.5, 0.6) is 5.75 Å². The van der Waals surface area contributed by atoms with Crippen LogP contribution in [0.1, 0.15) is 30.8 Å². The summed E-state index contributed by atoms with van der Waals surface area (Å²) in [5.74, 6) is -2.15. The van der Waals surface area contributed by atoms with Crippen molar-refractivity contribution >= 4 is 28.7 Å². The second-order valence-electron chi connectivity index (χ2n) is 5.94. The number of hydrogen-bond donors (Lipinski definition) is 2. The monoisotopic (exact) mass is 364 g/mol. The third-order valence-corrected chi connectivity index (χ3v) is 4.36. The second kappa shape index (κ2) is 6.09. The topological polar surface area (TPSA) is 92.5 Å². The van der Waals surface area contributed by atoms with Crippen LogP contribution in [0.15, 0.2) is 24.5 Å². The van der Waals surface area contributed by atoms with E-state index in [4.69, 9.17) is 21.4 Å². The lowest BCUT2D eigenvalue weighted by Crippen LogP contribution is -2.36. The smallest absolute Gasteiger partial charge is 0.186 e. The van der Waals surface area contributed by atoms with Gasteiger partial charge in [-0.05, 0) is 26.0 Å². The highest BCUT2D eigenvalue weighted by Gasteiger charge is 2.44. The fraction of sp³-hybridized carbons (Fsp3) is 0.235. The Balaban J connectivity index is 2.39. The molecule has 25 heavy (non-hydrogen) atoms. The number of nitrogens with zero attached hydrogens (tertiary/aromatic N) is 2. The van der Waals surface area contributed by atoms with Crippen molar-refractivity contribution in [3.05, 3.63) is 52.3 Å². The first-order valence-electron chi connectivity index (χ1n) is 7.32. The molecule has 0 fully saturated rings. The number of halogens is 2. The van der Waals surface area contributed by atoms with Crippen molar-refractivity contribution in [2.75, 3.05) is 6.79 Å². The largest absolute Gasteiger partial charge is 0.505 e. The summed E-state index contributed by atoms with van der Waals surface area (Å²) in [4.78, 5) is 21.2. The van der Waals surface area contributed by atoms with Gasteiger partial charge in [-0.15, -0.1) is 0 Å². The van der Waals surface area contributed by atoms with E-state index in [0.29, 0.717) is 0 Å². The van der Waals surface area contributed by atoms with Crippen LogP contribution in [0.2, 0.25) is 5.02 Å². The summed E-state index contributed by atoms with van der Waals surface area (Å²) in [7, 11) is 0. The van der Waals surface area contributed by atoms with Gasteiger partial charge in [-0.25, -0.2) is 9.37 Å². The number of ketones is 1. The van der Waals surface area contributed by atoms with E-state index in [1.807, 2.05) is 0 Å². The van der Waals surface area contributed by atoms with E-state index in [9.17, 15) is 14.3 Å². The molecule has 0 saturated carbocycles. The fourth-order valence-corrected chi connectivity index (χ4v) is 3.03. The van der Waals surface area contributed by atoms with Crippen molar-refractivity contribution in [1.82, 2.24) is 9.97 Å². The number of fused-ring (bicyclic) bond motifs is 1. The lowest BCUT2D eigenvalue weighted by Gasteiger charge is -2.31. The number of carbonyl (C=O) groups is 1. The number of ether oxygens (including phenoxy) is 1. The summed E-state index contributed by atoms with van der Waals surface area (Å²) in [5.41, 5.74) is -1.43. The highest BCUT2D eigenvalue weighted by molar-refractivity contribution is 6.35. The Labute approximate surface area is 147 Å². The van der Waals surface area contributed by atoms with Crippen LogP contribution in [0, 0.1) is 5.82 Å². The van der Waals surface area contributed by atoms with Crippen LogP contribution >= 0.6 is 11.6 Å². The molecular formula is C17H14ClFN2O4. The average Bonchev–Trinajstić information content (AvgIpc) is 2.59. The molecule has 0 amide bonds. The maximum Gasteiger partial charge on any atom is 0.186 e. The highest BCUT2D eigenvalue weighted by atomic mass is 35.5. The first kappa shape index (κ1) is 17.3. The van der Waals surface area contributed by atoms with Crippen molar-refractivity contribution in [3.63, 3.8) is 0 Å². The number of Topliss-reactive ketones (excluding diaryl/α,β-unsaturated/α-hetero) is 1. The van der Waals surface area contributed by atoms with E-state index in [1.54, 1.807) is 13.8 Å². The molecule has 1 heterocycles. The van der Waals surface area contributed by atoms with Gasteiger partial charge in [0.25, 0.3) is 0 Å². The van der Waals surface area contributed by atoms with Gasteiger partial charge in [0.15, 0.2) is 24.1 Å². The summed E-state index contributed by atoms with van der Waals surface area (Å²) >= 11 is 6.02. The minimum Gasteiger partial charge on any atom is -0.505 e. The number of aliphatic hydroxyl groups excluding tert-OH is 2. The van der Waals surface area contributed by atoms with Gasteiger partial charge in [-0.2, -0.15) is 0 Å². The predicted octanol–water partition coefficient (Wildman–Crippen LogP) is 2.88. The molecule has 0 spiro atoms. The SMILES string of the molecule is CC1(C)C(=O)C(c2c(F)ccc(Cl)c2OCO)=C(O)c2nccnc21. The van der Waals surface area contributed by atoms with E-state index in [-0.39, 0.29) is 33.3 Å². The molecule has 1 aliphatic carbocycles. The average molecular weight is 365 g/mol. The maximum absolute atomic E-state index is 14.6. The highest BCUT2D eigenvalue weighted by Crippen LogP contribution is 2.45. The van der Waals surface area contributed by atoms with Gasteiger partial charge >= 0.3 is 0 Å². The van der Waals surface area contributed by atoms with Crippen molar-refractivity contribution in [2.45, 2.75) is 19.3 Å². The molecule has 3 rings (SSSR count). The molecular weight excluding hydrogens is 351 g/mol. The lowest BCUT2D eigenvalue weighted by molar-refractivity contribution is -0.118. The third kappa shape index (κ3) is 2.56. The Kier molecular flexibility index (Phi) is 4.22. The number of aliphatic hydroxyl groups is 2. The Hall–Kier alpha value is -2.51. The van der Waals surface area contributed by atoms with Gasteiger partial charge in [0.2, 0.25) is 0 Å². The zero-order chi connectivity index (χ0) is 18.4. The minimum absolute atomic E-state index is 0.0127. The molecule has 0 unspecified atom stereocenters. The molecule has 0 radical (unpaired) electrons. The van der Waals surface area contributed by atoms with Gasteiger partial charge in [0.1, 0.15) is 11.5 Å². The first-order valence-corrected chi connectivity index (χ1v) is 7.70. The Morgan fingerprint density at radius 3 is 2.64 bits per heavy atom. The predicted molar refractivity (Wildman–Crippen MR) is 88.6 cm³/mol. The molecule has 1 aromatic heterocycles. The van der Waals surface area contributed by atoms with Crippen LogP contribution in [0.4, 0.5) is 4.39 Å². The van der Waals surface area contributed by atoms with Crippen molar-refractivity contribution < 1.29 is 24.1 Å². The normalized spacial score (nSPS) is 16.0. The number of hydrogen-bond acceptors (Lipinski definition) is 6. The van der Waals surface area contributed by atoms with Crippen LogP contribution < -0.4 is 4.74 Å². The standard InChI is InChI=1S/C17H14ClFN2O4/c1-17(2)15-12(20-5-6-21-15)13(23)11(16(17)24)10-9(19)4-3-8(18)14(10)25-7-22/h3-6,22-23H,7H2,1-2H3. The number of carbonyl (C=O) groups excluding carboxylic acids is 1. The molecule has 2 aromatic rings. The van der Waals surface area contributed by atoms with Gasteiger partial charge < -0.3 is 14.9 Å². The zero-order valence-electron chi connectivity index (χ0n) is 13.4. The molecule has 1 aromatic carbocycles. The van der Waals surface area contributed by atoms with E-state index in [2.05, 4.69) is 9.97 Å².